The summed E-state index contributed by atoms with van der Waals surface area (Å²) in [5.41, 5.74) is 4.17. The maximum Gasteiger partial charge on any atom is 0.0396 e. The topological polar surface area (TPSA) is 15.3 Å². The zero-order valence-electron chi connectivity index (χ0n) is 12.6. The minimum Gasteiger partial charge on any atom is -0.375 e. The van der Waals surface area contributed by atoms with Gasteiger partial charge in [0.15, 0.2) is 0 Å². The second-order valence-corrected chi connectivity index (χ2v) is 4.97. The Bertz CT molecular complexity index is 356. The van der Waals surface area contributed by atoms with E-state index in [9.17, 15) is 0 Å². The van der Waals surface area contributed by atoms with E-state index in [-0.39, 0.29) is 0 Å². The van der Waals surface area contributed by atoms with Gasteiger partial charge in [0.05, 0.1) is 0 Å². The predicted octanol–water partition coefficient (Wildman–Crippen LogP) is 3.73. The van der Waals surface area contributed by atoms with Gasteiger partial charge in [-0.05, 0) is 43.9 Å². The number of anilines is 1. The molecule has 2 heteroatoms. The van der Waals surface area contributed by atoms with E-state index < -0.39 is 0 Å². The molecular formula is C16H28N2. The van der Waals surface area contributed by atoms with E-state index >= 15 is 0 Å². The van der Waals surface area contributed by atoms with Gasteiger partial charge in [0.2, 0.25) is 0 Å². The Balaban J connectivity index is 2.77. The van der Waals surface area contributed by atoms with E-state index in [0.717, 1.165) is 13.1 Å². The molecule has 0 amide bonds. The summed E-state index contributed by atoms with van der Waals surface area (Å²) in [4.78, 5) is 2.30. The first-order valence-corrected chi connectivity index (χ1v) is 7.16. The van der Waals surface area contributed by atoms with Crippen LogP contribution in [-0.2, 0) is 6.54 Å². The molecule has 102 valence electrons. The van der Waals surface area contributed by atoms with Crippen molar-refractivity contribution in [3.05, 3.63) is 29.3 Å². The lowest BCUT2D eigenvalue weighted by Gasteiger charge is -2.22. The summed E-state index contributed by atoms with van der Waals surface area (Å²) in [7, 11) is 2.15. The molecule has 0 fully saturated rings. The van der Waals surface area contributed by atoms with Gasteiger partial charge in [0.1, 0.15) is 0 Å². The van der Waals surface area contributed by atoms with Gasteiger partial charge in [0.25, 0.3) is 0 Å². The summed E-state index contributed by atoms with van der Waals surface area (Å²) in [6.45, 7) is 10.9. The highest BCUT2D eigenvalue weighted by Crippen LogP contribution is 2.22. The van der Waals surface area contributed by atoms with Crippen molar-refractivity contribution >= 4 is 5.69 Å². The summed E-state index contributed by atoms with van der Waals surface area (Å²) in [6.07, 6.45) is 2.40. The third kappa shape index (κ3) is 3.74. The molecule has 0 aliphatic carbocycles. The highest BCUT2D eigenvalue weighted by molar-refractivity contribution is 5.55. The van der Waals surface area contributed by atoms with Crippen molar-refractivity contribution in [2.45, 2.75) is 53.1 Å². The normalized spacial score (nSPS) is 11.0. The van der Waals surface area contributed by atoms with E-state index in [2.05, 4.69) is 63.2 Å². The van der Waals surface area contributed by atoms with E-state index in [4.69, 9.17) is 0 Å². The Kier molecular flexibility index (Phi) is 6.20. The smallest absolute Gasteiger partial charge is 0.0396 e. The second-order valence-electron chi connectivity index (χ2n) is 4.97. The molecule has 1 aromatic carbocycles. The van der Waals surface area contributed by atoms with Gasteiger partial charge < -0.3 is 10.2 Å². The van der Waals surface area contributed by atoms with Crippen molar-refractivity contribution in [2.75, 3.05) is 18.5 Å². The Morgan fingerprint density at radius 3 is 2.39 bits per heavy atom. The maximum atomic E-state index is 3.64. The molecule has 0 aliphatic heterocycles. The number of hydrogen-bond donors (Lipinski definition) is 1. The fourth-order valence-electron chi connectivity index (χ4n) is 2.28. The number of benzene rings is 1. The van der Waals surface area contributed by atoms with Crippen LogP contribution in [0.2, 0.25) is 0 Å². The highest BCUT2D eigenvalue weighted by Gasteiger charge is 2.08. The lowest BCUT2D eigenvalue weighted by atomic mass is 10.0. The first-order chi connectivity index (χ1) is 8.63. The van der Waals surface area contributed by atoms with Crippen LogP contribution in [0, 0.1) is 6.92 Å². The average molecular weight is 248 g/mol. The van der Waals surface area contributed by atoms with Crippen molar-refractivity contribution in [1.29, 1.82) is 0 Å². The monoisotopic (exact) mass is 248 g/mol. The van der Waals surface area contributed by atoms with Crippen LogP contribution in [-0.4, -0.2) is 19.6 Å². The van der Waals surface area contributed by atoms with Crippen molar-refractivity contribution < 1.29 is 0 Å². The summed E-state index contributed by atoms with van der Waals surface area (Å²) in [5, 5.41) is 3.64. The van der Waals surface area contributed by atoms with Crippen LogP contribution in [0.15, 0.2) is 18.2 Å². The first-order valence-electron chi connectivity index (χ1n) is 7.16. The lowest BCUT2D eigenvalue weighted by molar-refractivity contribution is 0.483. The molecular weight excluding hydrogens is 220 g/mol. The van der Waals surface area contributed by atoms with Gasteiger partial charge in [0, 0.05) is 31.9 Å². The Morgan fingerprint density at radius 1 is 1.17 bits per heavy atom. The fraction of sp³-hybridized carbons (Fsp3) is 0.625. The van der Waals surface area contributed by atoms with Crippen molar-refractivity contribution in [3.63, 3.8) is 0 Å². The molecule has 0 aromatic heterocycles. The van der Waals surface area contributed by atoms with Gasteiger partial charge in [-0.1, -0.05) is 26.0 Å². The molecule has 0 unspecified atom stereocenters. The van der Waals surface area contributed by atoms with Crippen LogP contribution in [0.25, 0.3) is 0 Å². The second kappa shape index (κ2) is 7.42. The van der Waals surface area contributed by atoms with Gasteiger partial charge in [-0.25, -0.2) is 0 Å². The van der Waals surface area contributed by atoms with E-state index in [1.807, 2.05) is 0 Å². The van der Waals surface area contributed by atoms with Gasteiger partial charge in [-0.15, -0.1) is 0 Å². The van der Waals surface area contributed by atoms with Crippen LogP contribution in [0.1, 0.15) is 44.7 Å². The highest BCUT2D eigenvalue weighted by atomic mass is 15.1. The molecule has 0 saturated carbocycles. The molecule has 2 nitrogen and oxygen atoms in total. The summed E-state index contributed by atoms with van der Waals surface area (Å²) in [5.74, 6) is 0. The quantitative estimate of drug-likeness (QED) is 0.791. The van der Waals surface area contributed by atoms with Crippen LogP contribution < -0.4 is 10.2 Å². The SMILES string of the molecule is CCC(CC)NCc1cccc(N(C)CC)c1C. The van der Waals surface area contributed by atoms with Crippen molar-refractivity contribution in [1.82, 2.24) is 5.32 Å². The minimum atomic E-state index is 0.636. The molecule has 0 aliphatic rings. The van der Waals surface area contributed by atoms with Crippen LogP contribution in [0.4, 0.5) is 5.69 Å². The van der Waals surface area contributed by atoms with E-state index in [0.29, 0.717) is 6.04 Å². The Labute approximate surface area is 112 Å². The molecule has 0 heterocycles. The molecule has 1 rings (SSSR count). The molecule has 0 radical (unpaired) electrons. The van der Waals surface area contributed by atoms with Gasteiger partial charge >= 0.3 is 0 Å². The minimum absolute atomic E-state index is 0.636. The molecule has 18 heavy (non-hydrogen) atoms. The third-order valence-corrected chi connectivity index (χ3v) is 3.87. The molecule has 0 bridgehead atoms. The van der Waals surface area contributed by atoms with Gasteiger partial charge in [-0.2, -0.15) is 0 Å². The lowest BCUT2D eigenvalue weighted by Crippen LogP contribution is -2.27. The summed E-state index contributed by atoms with van der Waals surface area (Å²) >= 11 is 0. The number of hydrogen-bond acceptors (Lipinski definition) is 2. The number of nitrogens with zero attached hydrogens (tertiary/aromatic N) is 1. The molecule has 1 N–H and O–H groups in total. The zero-order valence-corrected chi connectivity index (χ0v) is 12.6. The van der Waals surface area contributed by atoms with Crippen LogP contribution in [0.5, 0.6) is 0 Å². The fourth-order valence-corrected chi connectivity index (χ4v) is 2.28. The number of rotatable bonds is 7. The summed E-state index contributed by atoms with van der Waals surface area (Å²) in [6, 6.07) is 7.24. The third-order valence-electron chi connectivity index (χ3n) is 3.87. The molecule has 0 atom stereocenters. The van der Waals surface area contributed by atoms with Crippen molar-refractivity contribution in [3.8, 4) is 0 Å². The average Bonchev–Trinajstić information content (AvgIpc) is 2.40. The molecule has 0 saturated heterocycles. The summed E-state index contributed by atoms with van der Waals surface area (Å²) < 4.78 is 0. The van der Waals surface area contributed by atoms with E-state index in [1.165, 1.54) is 29.7 Å². The molecule has 1 aromatic rings. The van der Waals surface area contributed by atoms with Gasteiger partial charge in [-0.3, -0.25) is 0 Å². The largest absolute Gasteiger partial charge is 0.375 e. The van der Waals surface area contributed by atoms with Crippen LogP contribution >= 0.6 is 0 Å². The standard InChI is InChI=1S/C16H28N2/c1-6-15(7-2)17-12-14-10-9-11-16(13(14)4)18(5)8-3/h9-11,15,17H,6-8,12H2,1-5H3. The zero-order chi connectivity index (χ0) is 13.5. The molecule has 0 spiro atoms. The van der Waals surface area contributed by atoms with E-state index in [1.54, 1.807) is 0 Å². The Morgan fingerprint density at radius 2 is 1.83 bits per heavy atom. The van der Waals surface area contributed by atoms with Crippen LogP contribution in [0.3, 0.4) is 0 Å². The predicted molar refractivity (Wildman–Crippen MR) is 81.3 cm³/mol. The Hall–Kier alpha value is -1.02. The number of nitrogens with one attached hydrogen (secondary N) is 1. The first kappa shape index (κ1) is 15.0. The maximum absolute atomic E-state index is 3.64. The van der Waals surface area contributed by atoms with Crippen molar-refractivity contribution in [2.24, 2.45) is 0 Å².